The highest BCUT2D eigenvalue weighted by Gasteiger charge is 2.25. The van der Waals surface area contributed by atoms with E-state index in [1.807, 2.05) is 0 Å². The second-order valence-corrected chi connectivity index (χ2v) is 7.01. The van der Waals surface area contributed by atoms with E-state index in [1.165, 1.54) is 22.3 Å². The van der Waals surface area contributed by atoms with Crippen LogP contribution in [0, 0.1) is 0 Å². The maximum absolute atomic E-state index is 12.4. The fourth-order valence-corrected chi connectivity index (χ4v) is 2.96. The van der Waals surface area contributed by atoms with Gasteiger partial charge in [-0.2, -0.15) is 0 Å². The summed E-state index contributed by atoms with van der Waals surface area (Å²) in [4.78, 5) is 28.9. The number of anilines is 1. The van der Waals surface area contributed by atoms with Gasteiger partial charge in [0.05, 0.1) is 5.51 Å². The Morgan fingerprint density at radius 1 is 1.50 bits per heavy atom. The number of aromatic nitrogens is 1. The number of ether oxygens (including phenoxy) is 1. The number of thiazole rings is 1. The number of carboxylic acid groups (broad SMARTS) is 1. The van der Waals surface area contributed by atoms with E-state index in [0.29, 0.717) is 16.0 Å². The van der Waals surface area contributed by atoms with Gasteiger partial charge in [0.1, 0.15) is 15.2 Å². The van der Waals surface area contributed by atoms with Crippen molar-refractivity contribution in [3.05, 3.63) is 21.8 Å². The molecule has 0 saturated heterocycles. The third kappa shape index (κ3) is 5.42. The van der Waals surface area contributed by atoms with E-state index in [9.17, 15) is 9.59 Å². The molecule has 6 nitrogen and oxygen atoms in total. The number of carboxylic acids is 1. The zero-order valence-electron chi connectivity index (χ0n) is 12.9. The van der Waals surface area contributed by atoms with Crippen molar-refractivity contribution in [3.63, 3.8) is 0 Å². The van der Waals surface area contributed by atoms with E-state index in [1.54, 1.807) is 33.2 Å². The van der Waals surface area contributed by atoms with Crippen LogP contribution >= 0.6 is 27.3 Å². The Bertz CT molecular complexity index is 578. The number of hydrogen-bond acceptors (Lipinski definition) is 5. The molecule has 0 atom stereocenters. The minimum absolute atomic E-state index is 0.102. The molecule has 0 aromatic carbocycles. The number of aliphatic carboxylic acids is 1. The topological polar surface area (TPSA) is 79.7 Å². The van der Waals surface area contributed by atoms with Crippen LogP contribution in [0.4, 0.5) is 9.80 Å². The second-order valence-electron chi connectivity index (χ2n) is 5.43. The lowest BCUT2D eigenvalue weighted by Crippen LogP contribution is -2.37. The molecule has 0 spiro atoms. The minimum atomic E-state index is -0.991. The SMILES string of the molecule is CC/C(=C\CN(C(=O)OC(C)(C)C)c1scnc1Br)C(=O)O. The number of hydrogen-bond donors (Lipinski definition) is 1. The zero-order valence-corrected chi connectivity index (χ0v) is 15.3. The Labute approximate surface area is 141 Å². The third-order valence-corrected chi connectivity index (χ3v) is 4.23. The van der Waals surface area contributed by atoms with Crippen LogP contribution in [-0.2, 0) is 9.53 Å². The van der Waals surface area contributed by atoms with Gasteiger partial charge in [-0.3, -0.25) is 4.90 Å². The molecule has 1 heterocycles. The van der Waals surface area contributed by atoms with Crippen molar-refractivity contribution in [2.45, 2.75) is 39.7 Å². The predicted molar refractivity (Wildman–Crippen MR) is 89.4 cm³/mol. The van der Waals surface area contributed by atoms with E-state index in [2.05, 4.69) is 20.9 Å². The number of amides is 1. The van der Waals surface area contributed by atoms with Gasteiger partial charge >= 0.3 is 12.1 Å². The van der Waals surface area contributed by atoms with Crippen molar-refractivity contribution in [2.24, 2.45) is 0 Å². The minimum Gasteiger partial charge on any atom is -0.478 e. The molecule has 1 aromatic heterocycles. The van der Waals surface area contributed by atoms with E-state index in [0.717, 1.165) is 0 Å². The lowest BCUT2D eigenvalue weighted by molar-refractivity contribution is -0.132. The molecule has 0 aliphatic heterocycles. The molecule has 0 fully saturated rings. The number of carbonyl (C=O) groups is 2. The summed E-state index contributed by atoms with van der Waals surface area (Å²) < 4.78 is 5.89. The van der Waals surface area contributed by atoms with Crippen LogP contribution in [0.1, 0.15) is 34.1 Å². The Morgan fingerprint density at radius 2 is 2.14 bits per heavy atom. The van der Waals surface area contributed by atoms with Crippen LogP contribution < -0.4 is 4.90 Å². The van der Waals surface area contributed by atoms with Crippen LogP contribution in [-0.4, -0.2) is 34.3 Å². The number of rotatable bonds is 5. The average molecular weight is 391 g/mol. The maximum atomic E-state index is 12.4. The molecule has 0 aliphatic carbocycles. The average Bonchev–Trinajstić information content (AvgIpc) is 2.78. The first kappa shape index (κ1) is 18.6. The molecule has 122 valence electrons. The maximum Gasteiger partial charge on any atom is 0.415 e. The second kappa shape index (κ2) is 7.73. The molecule has 1 N–H and O–H groups in total. The van der Waals surface area contributed by atoms with Gasteiger partial charge in [0.2, 0.25) is 0 Å². The molecule has 1 amide bonds. The molecule has 0 radical (unpaired) electrons. The lowest BCUT2D eigenvalue weighted by Gasteiger charge is -2.26. The quantitative estimate of drug-likeness (QED) is 0.766. The highest BCUT2D eigenvalue weighted by atomic mass is 79.9. The first-order valence-electron chi connectivity index (χ1n) is 6.67. The molecule has 0 bridgehead atoms. The monoisotopic (exact) mass is 390 g/mol. The Morgan fingerprint density at radius 3 is 2.55 bits per heavy atom. The van der Waals surface area contributed by atoms with Crippen LogP contribution in [0.3, 0.4) is 0 Å². The fourth-order valence-electron chi connectivity index (χ4n) is 1.54. The Balaban J connectivity index is 3.05. The Hall–Kier alpha value is -1.41. The summed E-state index contributed by atoms with van der Waals surface area (Å²) >= 11 is 4.55. The van der Waals surface area contributed by atoms with E-state index >= 15 is 0 Å². The van der Waals surface area contributed by atoms with Crippen LogP contribution in [0.15, 0.2) is 21.8 Å². The first-order valence-corrected chi connectivity index (χ1v) is 8.34. The zero-order chi connectivity index (χ0) is 16.9. The summed E-state index contributed by atoms with van der Waals surface area (Å²) in [5.41, 5.74) is 1.20. The molecule has 0 saturated carbocycles. The number of halogens is 1. The van der Waals surface area contributed by atoms with Gasteiger partial charge < -0.3 is 9.84 Å². The van der Waals surface area contributed by atoms with Crippen LogP contribution in [0.2, 0.25) is 0 Å². The van der Waals surface area contributed by atoms with Gasteiger partial charge in [-0.15, -0.1) is 11.3 Å². The van der Waals surface area contributed by atoms with Crippen molar-refractivity contribution in [3.8, 4) is 0 Å². The summed E-state index contributed by atoms with van der Waals surface area (Å²) in [5, 5.41) is 9.65. The summed E-state index contributed by atoms with van der Waals surface area (Å²) in [6.45, 7) is 7.17. The van der Waals surface area contributed by atoms with E-state index in [-0.39, 0.29) is 12.1 Å². The van der Waals surface area contributed by atoms with Gasteiger partial charge in [-0.05, 0) is 43.1 Å². The van der Waals surface area contributed by atoms with Crippen molar-refractivity contribution < 1.29 is 19.4 Å². The number of nitrogens with zero attached hydrogens (tertiary/aromatic N) is 2. The van der Waals surface area contributed by atoms with Crippen molar-refractivity contribution in [2.75, 3.05) is 11.4 Å². The van der Waals surface area contributed by atoms with E-state index in [4.69, 9.17) is 9.84 Å². The molecule has 22 heavy (non-hydrogen) atoms. The van der Waals surface area contributed by atoms with Gasteiger partial charge in [0, 0.05) is 12.1 Å². The van der Waals surface area contributed by atoms with Gasteiger partial charge in [0.25, 0.3) is 0 Å². The van der Waals surface area contributed by atoms with Gasteiger partial charge in [0.15, 0.2) is 0 Å². The summed E-state index contributed by atoms with van der Waals surface area (Å²) in [6, 6.07) is 0. The standard InChI is InChI=1S/C14H19BrN2O4S/c1-5-9(12(18)19)6-7-17(11-10(15)16-8-22-11)13(20)21-14(2,3)4/h6,8H,5,7H2,1-4H3,(H,18,19)/b9-6+. The highest BCUT2D eigenvalue weighted by Crippen LogP contribution is 2.31. The first-order chi connectivity index (χ1) is 10.2. The fraction of sp³-hybridized carbons (Fsp3) is 0.500. The largest absolute Gasteiger partial charge is 0.478 e. The van der Waals surface area contributed by atoms with Crippen LogP contribution in [0.5, 0.6) is 0 Å². The Kier molecular flexibility index (Phi) is 6.55. The molecule has 1 aromatic rings. The van der Waals surface area contributed by atoms with Crippen molar-refractivity contribution in [1.82, 2.24) is 4.98 Å². The van der Waals surface area contributed by atoms with Crippen molar-refractivity contribution in [1.29, 1.82) is 0 Å². The summed E-state index contributed by atoms with van der Waals surface area (Å²) in [5.74, 6) is -0.991. The third-order valence-electron chi connectivity index (χ3n) is 2.54. The summed E-state index contributed by atoms with van der Waals surface area (Å²) in [7, 11) is 0. The molecule has 8 heteroatoms. The van der Waals surface area contributed by atoms with Gasteiger partial charge in [-0.1, -0.05) is 13.0 Å². The molecule has 0 unspecified atom stereocenters. The number of carbonyl (C=O) groups excluding carboxylic acids is 1. The van der Waals surface area contributed by atoms with Gasteiger partial charge in [-0.25, -0.2) is 14.6 Å². The molecular weight excluding hydrogens is 372 g/mol. The predicted octanol–water partition coefficient (Wildman–Crippen LogP) is 4.07. The molecule has 1 rings (SSSR count). The highest BCUT2D eigenvalue weighted by molar-refractivity contribution is 9.10. The smallest absolute Gasteiger partial charge is 0.415 e. The van der Waals surface area contributed by atoms with E-state index < -0.39 is 17.7 Å². The van der Waals surface area contributed by atoms with Crippen molar-refractivity contribution >= 4 is 44.3 Å². The normalized spacial score (nSPS) is 12.1. The van der Waals surface area contributed by atoms with Crippen LogP contribution in [0.25, 0.3) is 0 Å². The summed E-state index contributed by atoms with van der Waals surface area (Å²) in [6.07, 6.45) is 1.34. The molecular formula is C14H19BrN2O4S. The molecule has 0 aliphatic rings. The lowest BCUT2D eigenvalue weighted by atomic mass is 10.2.